The van der Waals surface area contributed by atoms with Crippen LogP contribution in [0.3, 0.4) is 0 Å². The van der Waals surface area contributed by atoms with Crippen LogP contribution in [0.2, 0.25) is 0 Å². The number of hydrogen-bond acceptors (Lipinski definition) is 5. The van der Waals surface area contributed by atoms with E-state index < -0.39 is 10.0 Å². The van der Waals surface area contributed by atoms with Gasteiger partial charge in [0.1, 0.15) is 0 Å². The van der Waals surface area contributed by atoms with Crippen molar-refractivity contribution in [2.45, 2.75) is 37.0 Å². The first-order valence-corrected chi connectivity index (χ1v) is 12.2. The lowest BCUT2D eigenvalue weighted by molar-refractivity contribution is 0.0949. The van der Waals surface area contributed by atoms with Crippen molar-refractivity contribution in [1.82, 2.24) is 19.4 Å². The number of nitrogens with zero attached hydrogens (tertiary/aromatic N) is 3. The summed E-state index contributed by atoms with van der Waals surface area (Å²) in [6.07, 6.45) is 4.83. The second-order valence-electron chi connectivity index (χ2n) is 8.10. The summed E-state index contributed by atoms with van der Waals surface area (Å²) >= 11 is 0. The molecule has 29 heavy (non-hydrogen) atoms. The maximum Gasteiger partial charge on any atom is 0.251 e. The van der Waals surface area contributed by atoms with Gasteiger partial charge in [-0.05, 0) is 51.1 Å². The number of hydrogen-bond donors (Lipinski definition) is 1. The van der Waals surface area contributed by atoms with Crippen molar-refractivity contribution in [3.05, 3.63) is 29.8 Å². The first-order chi connectivity index (χ1) is 14.0. The summed E-state index contributed by atoms with van der Waals surface area (Å²) in [5, 5.41) is 2.93. The molecule has 7 nitrogen and oxygen atoms in total. The maximum absolute atomic E-state index is 13.0. The molecule has 2 aliphatic heterocycles. The van der Waals surface area contributed by atoms with Crippen LogP contribution in [0.1, 0.15) is 42.5 Å². The van der Waals surface area contributed by atoms with Gasteiger partial charge in [0, 0.05) is 51.4 Å². The third-order valence-electron chi connectivity index (χ3n) is 5.83. The Morgan fingerprint density at radius 2 is 1.69 bits per heavy atom. The first-order valence-electron chi connectivity index (χ1n) is 10.8. The monoisotopic (exact) mass is 422 g/mol. The van der Waals surface area contributed by atoms with Crippen molar-refractivity contribution in [2.24, 2.45) is 0 Å². The van der Waals surface area contributed by atoms with Crippen LogP contribution in [-0.2, 0) is 10.0 Å². The molecular formula is C21H34N4O3S. The molecule has 2 fully saturated rings. The molecule has 0 unspecified atom stereocenters. The molecule has 1 aromatic carbocycles. The Bertz CT molecular complexity index is 768. The summed E-state index contributed by atoms with van der Waals surface area (Å²) in [4.78, 5) is 17.5. The third-order valence-corrected chi connectivity index (χ3v) is 7.73. The average molecular weight is 423 g/mol. The quantitative estimate of drug-likeness (QED) is 0.676. The van der Waals surface area contributed by atoms with Crippen LogP contribution in [0, 0.1) is 0 Å². The van der Waals surface area contributed by atoms with Crippen LogP contribution < -0.4 is 5.32 Å². The molecule has 0 radical (unpaired) electrons. The molecule has 1 aromatic rings. The molecule has 8 heteroatoms. The lowest BCUT2D eigenvalue weighted by Gasteiger charge is -2.32. The highest BCUT2D eigenvalue weighted by atomic mass is 32.2. The van der Waals surface area contributed by atoms with Crippen LogP contribution >= 0.6 is 0 Å². The van der Waals surface area contributed by atoms with Crippen LogP contribution in [0.15, 0.2) is 29.2 Å². The third kappa shape index (κ3) is 6.25. The second kappa shape index (κ2) is 10.5. The molecule has 2 aliphatic rings. The standard InChI is InChI=1S/C21H34N4O3S/c1-23-14-16-24(17-15-23)11-7-10-22-21(26)19-8-6-9-20(18-19)29(27,28)25-12-4-2-3-5-13-25/h6,8-9,18H,2-5,7,10-17H2,1H3,(H,22,26). The molecule has 1 amide bonds. The second-order valence-corrected chi connectivity index (χ2v) is 10.0. The summed E-state index contributed by atoms with van der Waals surface area (Å²) in [7, 11) is -1.41. The Balaban J connectivity index is 1.52. The van der Waals surface area contributed by atoms with E-state index in [9.17, 15) is 13.2 Å². The van der Waals surface area contributed by atoms with E-state index in [0.29, 0.717) is 25.2 Å². The van der Waals surface area contributed by atoms with Crippen molar-refractivity contribution in [2.75, 3.05) is 59.4 Å². The summed E-state index contributed by atoms with van der Waals surface area (Å²) in [6.45, 7) is 7.00. The van der Waals surface area contributed by atoms with E-state index in [1.165, 1.54) is 6.07 Å². The highest BCUT2D eigenvalue weighted by Crippen LogP contribution is 2.21. The number of benzene rings is 1. The Labute approximate surface area is 175 Å². The fourth-order valence-electron chi connectivity index (χ4n) is 3.91. The lowest BCUT2D eigenvalue weighted by Crippen LogP contribution is -2.45. The van der Waals surface area contributed by atoms with Gasteiger partial charge in [-0.3, -0.25) is 4.79 Å². The van der Waals surface area contributed by atoms with Crippen LogP contribution in [0.25, 0.3) is 0 Å². The number of likely N-dealkylation sites (N-methyl/N-ethyl adjacent to an activating group) is 1. The van der Waals surface area contributed by atoms with E-state index in [-0.39, 0.29) is 10.8 Å². The average Bonchev–Trinajstić information content (AvgIpc) is 3.02. The highest BCUT2D eigenvalue weighted by Gasteiger charge is 2.25. The Morgan fingerprint density at radius 1 is 1.00 bits per heavy atom. The molecule has 0 saturated carbocycles. The number of rotatable bonds is 7. The predicted molar refractivity (Wildman–Crippen MR) is 115 cm³/mol. The number of piperazine rings is 1. The molecule has 0 bridgehead atoms. The molecule has 3 rings (SSSR count). The minimum Gasteiger partial charge on any atom is -0.352 e. The summed E-state index contributed by atoms with van der Waals surface area (Å²) < 4.78 is 27.5. The van der Waals surface area contributed by atoms with Crippen molar-refractivity contribution >= 4 is 15.9 Å². The van der Waals surface area contributed by atoms with Gasteiger partial charge in [0.15, 0.2) is 0 Å². The molecule has 0 aliphatic carbocycles. The zero-order valence-corrected chi connectivity index (χ0v) is 18.3. The van der Waals surface area contributed by atoms with Gasteiger partial charge in [-0.15, -0.1) is 0 Å². The number of carbonyl (C=O) groups excluding carboxylic acids is 1. The summed E-state index contributed by atoms with van der Waals surface area (Å²) in [5.74, 6) is -0.212. The molecule has 0 aromatic heterocycles. The topological polar surface area (TPSA) is 73.0 Å². The van der Waals surface area contributed by atoms with Gasteiger partial charge in [-0.1, -0.05) is 18.9 Å². The summed E-state index contributed by atoms with van der Waals surface area (Å²) in [6, 6.07) is 6.43. The van der Waals surface area contributed by atoms with E-state index >= 15 is 0 Å². The van der Waals surface area contributed by atoms with Gasteiger partial charge >= 0.3 is 0 Å². The molecule has 2 heterocycles. The Morgan fingerprint density at radius 3 is 2.38 bits per heavy atom. The minimum absolute atomic E-state index is 0.212. The van der Waals surface area contributed by atoms with E-state index in [4.69, 9.17) is 0 Å². The highest BCUT2D eigenvalue weighted by molar-refractivity contribution is 7.89. The van der Waals surface area contributed by atoms with Crippen molar-refractivity contribution in [1.29, 1.82) is 0 Å². The van der Waals surface area contributed by atoms with E-state index in [1.807, 2.05) is 0 Å². The largest absolute Gasteiger partial charge is 0.352 e. The number of nitrogens with one attached hydrogen (secondary N) is 1. The molecule has 162 valence electrons. The van der Waals surface area contributed by atoms with E-state index in [2.05, 4.69) is 22.2 Å². The smallest absolute Gasteiger partial charge is 0.251 e. The van der Waals surface area contributed by atoms with Gasteiger partial charge in [-0.25, -0.2) is 8.42 Å². The first kappa shape index (κ1) is 22.2. The SMILES string of the molecule is CN1CCN(CCCNC(=O)c2cccc(S(=O)(=O)N3CCCCCC3)c2)CC1. The number of carbonyl (C=O) groups is 1. The van der Waals surface area contributed by atoms with Crippen LogP contribution in [-0.4, -0.2) is 87.8 Å². The molecule has 0 spiro atoms. The molecule has 0 atom stereocenters. The van der Waals surface area contributed by atoms with Gasteiger partial charge in [0.25, 0.3) is 5.91 Å². The van der Waals surface area contributed by atoms with Crippen molar-refractivity contribution in [3.63, 3.8) is 0 Å². The van der Waals surface area contributed by atoms with Crippen LogP contribution in [0.5, 0.6) is 0 Å². The maximum atomic E-state index is 13.0. The predicted octanol–water partition coefficient (Wildman–Crippen LogP) is 1.62. The van der Waals surface area contributed by atoms with Crippen LogP contribution in [0.4, 0.5) is 0 Å². The Kier molecular flexibility index (Phi) is 8.06. The zero-order valence-electron chi connectivity index (χ0n) is 17.5. The molecular weight excluding hydrogens is 388 g/mol. The molecule has 2 saturated heterocycles. The van der Waals surface area contributed by atoms with Gasteiger partial charge < -0.3 is 15.1 Å². The number of sulfonamides is 1. The van der Waals surface area contributed by atoms with E-state index in [0.717, 1.165) is 64.8 Å². The van der Waals surface area contributed by atoms with Gasteiger partial charge in [-0.2, -0.15) is 4.31 Å². The lowest BCUT2D eigenvalue weighted by atomic mass is 10.2. The summed E-state index contributed by atoms with van der Waals surface area (Å²) in [5.41, 5.74) is 0.403. The van der Waals surface area contributed by atoms with Crippen molar-refractivity contribution in [3.8, 4) is 0 Å². The Hall–Kier alpha value is -1.48. The fraction of sp³-hybridized carbons (Fsp3) is 0.667. The van der Waals surface area contributed by atoms with Gasteiger partial charge in [0.2, 0.25) is 10.0 Å². The normalized spacial score (nSPS) is 20.3. The van der Waals surface area contributed by atoms with E-state index in [1.54, 1.807) is 22.5 Å². The number of amides is 1. The zero-order chi connectivity index (χ0) is 20.7. The minimum atomic E-state index is -3.54. The fourth-order valence-corrected chi connectivity index (χ4v) is 5.47. The molecule has 1 N–H and O–H groups in total. The van der Waals surface area contributed by atoms with Crippen molar-refractivity contribution < 1.29 is 13.2 Å². The van der Waals surface area contributed by atoms with Gasteiger partial charge in [0.05, 0.1) is 4.90 Å².